The van der Waals surface area contributed by atoms with Crippen molar-refractivity contribution in [2.24, 2.45) is 11.0 Å². The lowest BCUT2D eigenvalue weighted by molar-refractivity contribution is -0.131. The van der Waals surface area contributed by atoms with E-state index >= 15 is 0 Å². The van der Waals surface area contributed by atoms with Gasteiger partial charge in [0.1, 0.15) is 11.5 Å². The summed E-state index contributed by atoms with van der Waals surface area (Å²) in [5.74, 6) is 2.59. The molecule has 134 valence electrons. The molecule has 0 aliphatic carbocycles. The van der Waals surface area contributed by atoms with Gasteiger partial charge in [-0.1, -0.05) is 12.1 Å². The van der Waals surface area contributed by atoms with Crippen molar-refractivity contribution < 1.29 is 14.3 Å². The average Bonchev–Trinajstić information content (AvgIpc) is 3.08. The number of methoxy groups -OCH3 is 2. The first-order valence-corrected chi connectivity index (χ1v) is 9.44. The number of amides is 1. The van der Waals surface area contributed by atoms with Gasteiger partial charge >= 0.3 is 0 Å². The van der Waals surface area contributed by atoms with E-state index in [0.717, 1.165) is 34.1 Å². The summed E-state index contributed by atoms with van der Waals surface area (Å²) in [6, 6.07) is 13.8. The van der Waals surface area contributed by atoms with Crippen LogP contribution in [0.15, 0.2) is 52.5 Å². The molecular weight excluding hydrogens is 348 g/mol. The number of hydrazone groups is 1. The van der Waals surface area contributed by atoms with Gasteiger partial charge in [-0.3, -0.25) is 4.79 Å². The Kier molecular flexibility index (Phi) is 4.36. The molecule has 2 aromatic carbocycles. The molecule has 1 amide bonds. The monoisotopic (exact) mass is 368 g/mol. The number of hydrogen-bond donors (Lipinski definition) is 0. The summed E-state index contributed by atoms with van der Waals surface area (Å²) in [5, 5.41) is 6.35. The Morgan fingerprint density at radius 2 is 1.81 bits per heavy atom. The molecule has 2 aromatic rings. The van der Waals surface area contributed by atoms with E-state index in [2.05, 4.69) is 6.07 Å². The van der Waals surface area contributed by atoms with Crippen LogP contribution in [0.2, 0.25) is 0 Å². The van der Waals surface area contributed by atoms with E-state index in [-0.39, 0.29) is 17.9 Å². The molecule has 0 radical (unpaired) electrons. The molecule has 5 nitrogen and oxygen atoms in total. The average molecular weight is 368 g/mol. The van der Waals surface area contributed by atoms with E-state index in [1.807, 2.05) is 36.4 Å². The van der Waals surface area contributed by atoms with Crippen LogP contribution in [-0.2, 0) is 4.79 Å². The molecule has 0 spiro atoms. The van der Waals surface area contributed by atoms with Gasteiger partial charge in [0.15, 0.2) is 0 Å². The maximum Gasteiger partial charge on any atom is 0.240 e. The van der Waals surface area contributed by atoms with Gasteiger partial charge in [-0.25, -0.2) is 5.01 Å². The third-order valence-electron chi connectivity index (χ3n) is 4.87. The van der Waals surface area contributed by atoms with Gasteiger partial charge in [-0.05, 0) is 35.9 Å². The van der Waals surface area contributed by atoms with Crippen LogP contribution in [0, 0.1) is 5.92 Å². The maximum absolute atomic E-state index is 12.3. The zero-order valence-corrected chi connectivity index (χ0v) is 15.7. The minimum atomic E-state index is -0.0970. The number of ether oxygens (including phenoxy) is 2. The summed E-state index contributed by atoms with van der Waals surface area (Å²) < 4.78 is 10.6. The van der Waals surface area contributed by atoms with Gasteiger partial charge in [0.25, 0.3) is 0 Å². The summed E-state index contributed by atoms with van der Waals surface area (Å²) in [7, 11) is 3.31. The topological polar surface area (TPSA) is 51.1 Å². The summed E-state index contributed by atoms with van der Waals surface area (Å²) in [6.45, 7) is 1.57. The van der Waals surface area contributed by atoms with Crippen molar-refractivity contribution >= 4 is 23.4 Å². The third-order valence-corrected chi connectivity index (χ3v) is 6.07. The first-order chi connectivity index (χ1) is 12.6. The normalized spacial score (nSPS) is 20.9. The second-order valence-corrected chi connectivity index (χ2v) is 7.41. The van der Waals surface area contributed by atoms with Gasteiger partial charge in [0, 0.05) is 29.1 Å². The lowest BCUT2D eigenvalue weighted by atomic mass is 9.88. The first kappa shape index (κ1) is 17.0. The standard InChI is InChI=1S/C20H20N2O3S/c1-12(23)22-20(13-4-6-14(24-2)7-5-13)17-11-26-18-9-8-15(25-3)10-16(18)19(17)21-22/h4-10,17,20H,11H2,1-3H3/t17-,20-/m0/s1. The lowest BCUT2D eigenvalue weighted by Crippen LogP contribution is -2.31. The van der Waals surface area contributed by atoms with E-state index in [1.165, 1.54) is 4.90 Å². The predicted molar refractivity (Wildman–Crippen MR) is 102 cm³/mol. The van der Waals surface area contributed by atoms with E-state index < -0.39 is 0 Å². The smallest absolute Gasteiger partial charge is 0.240 e. The minimum absolute atomic E-state index is 0.0536. The van der Waals surface area contributed by atoms with Crippen molar-refractivity contribution in [3.63, 3.8) is 0 Å². The fourth-order valence-corrected chi connectivity index (χ4v) is 4.76. The van der Waals surface area contributed by atoms with Crippen LogP contribution in [0.1, 0.15) is 24.1 Å². The van der Waals surface area contributed by atoms with E-state index in [1.54, 1.807) is 37.9 Å². The Bertz CT molecular complexity index is 879. The number of fused-ring (bicyclic) bond motifs is 3. The summed E-state index contributed by atoms with van der Waals surface area (Å²) in [5.41, 5.74) is 3.10. The number of nitrogens with zero attached hydrogens (tertiary/aromatic N) is 2. The molecule has 0 fully saturated rings. The molecule has 0 aromatic heterocycles. The molecular formula is C20H20N2O3S. The molecule has 0 bridgehead atoms. The number of benzene rings is 2. The summed E-state index contributed by atoms with van der Waals surface area (Å²) >= 11 is 1.81. The van der Waals surface area contributed by atoms with Gasteiger partial charge in [0.05, 0.1) is 26.0 Å². The van der Waals surface area contributed by atoms with Crippen LogP contribution in [0.25, 0.3) is 0 Å². The van der Waals surface area contributed by atoms with Crippen LogP contribution in [0.5, 0.6) is 11.5 Å². The molecule has 0 N–H and O–H groups in total. The van der Waals surface area contributed by atoms with E-state index in [4.69, 9.17) is 14.6 Å². The number of carbonyl (C=O) groups excluding carboxylic acids is 1. The number of carbonyl (C=O) groups is 1. The third kappa shape index (κ3) is 2.74. The lowest BCUT2D eigenvalue weighted by Gasteiger charge is -2.29. The van der Waals surface area contributed by atoms with Crippen LogP contribution in [0.3, 0.4) is 0 Å². The largest absolute Gasteiger partial charge is 0.497 e. The van der Waals surface area contributed by atoms with Crippen molar-refractivity contribution in [2.75, 3.05) is 20.0 Å². The van der Waals surface area contributed by atoms with Crippen LogP contribution in [0.4, 0.5) is 0 Å². The highest BCUT2D eigenvalue weighted by atomic mass is 32.2. The molecule has 0 saturated carbocycles. The molecule has 0 saturated heterocycles. The molecule has 2 aliphatic heterocycles. The fraction of sp³-hybridized carbons (Fsp3) is 0.300. The van der Waals surface area contributed by atoms with Crippen molar-refractivity contribution in [2.45, 2.75) is 17.9 Å². The van der Waals surface area contributed by atoms with Crippen LogP contribution >= 0.6 is 11.8 Å². The van der Waals surface area contributed by atoms with E-state index in [0.29, 0.717) is 0 Å². The Balaban J connectivity index is 1.77. The zero-order chi connectivity index (χ0) is 18.3. The number of rotatable bonds is 3. The fourth-order valence-electron chi connectivity index (χ4n) is 3.58. The molecule has 0 unspecified atom stereocenters. The number of hydrogen-bond acceptors (Lipinski definition) is 5. The molecule has 4 rings (SSSR count). The molecule has 26 heavy (non-hydrogen) atoms. The predicted octanol–water partition coefficient (Wildman–Crippen LogP) is 3.73. The van der Waals surface area contributed by atoms with Crippen LogP contribution in [-0.4, -0.2) is 36.6 Å². The highest BCUT2D eigenvalue weighted by Gasteiger charge is 2.43. The van der Waals surface area contributed by atoms with Gasteiger partial charge in [-0.2, -0.15) is 5.10 Å². The van der Waals surface area contributed by atoms with E-state index in [9.17, 15) is 4.79 Å². The first-order valence-electron chi connectivity index (χ1n) is 8.46. The molecule has 2 atom stereocenters. The Hall–Kier alpha value is -2.47. The maximum atomic E-state index is 12.3. The highest BCUT2D eigenvalue weighted by molar-refractivity contribution is 7.99. The number of thioether (sulfide) groups is 1. The van der Waals surface area contributed by atoms with Crippen molar-refractivity contribution in [3.8, 4) is 11.5 Å². The minimum Gasteiger partial charge on any atom is -0.497 e. The van der Waals surface area contributed by atoms with Crippen LogP contribution < -0.4 is 9.47 Å². The second kappa shape index (κ2) is 6.68. The molecule has 2 aliphatic rings. The Labute approximate surface area is 157 Å². The zero-order valence-electron chi connectivity index (χ0n) is 14.9. The van der Waals surface area contributed by atoms with Gasteiger partial charge in [-0.15, -0.1) is 11.8 Å². The second-order valence-electron chi connectivity index (χ2n) is 6.35. The van der Waals surface area contributed by atoms with Gasteiger partial charge < -0.3 is 9.47 Å². The quantitative estimate of drug-likeness (QED) is 0.828. The Morgan fingerprint density at radius 1 is 1.12 bits per heavy atom. The van der Waals surface area contributed by atoms with Crippen molar-refractivity contribution in [1.29, 1.82) is 0 Å². The van der Waals surface area contributed by atoms with Crippen molar-refractivity contribution in [3.05, 3.63) is 53.6 Å². The van der Waals surface area contributed by atoms with Crippen molar-refractivity contribution in [1.82, 2.24) is 5.01 Å². The van der Waals surface area contributed by atoms with Gasteiger partial charge in [0.2, 0.25) is 5.91 Å². The highest BCUT2D eigenvalue weighted by Crippen LogP contribution is 2.46. The summed E-state index contributed by atoms with van der Waals surface area (Å²) in [6.07, 6.45) is 0. The molecule has 6 heteroatoms. The summed E-state index contributed by atoms with van der Waals surface area (Å²) in [4.78, 5) is 13.5. The molecule has 2 heterocycles. The SMILES string of the molecule is COc1ccc([C@H]2[C@H]3CSc4ccc(OC)cc4C3=NN2C(C)=O)cc1. The Morgan fingerprint density at radius 3 is 2.46 bits per heavy atom.